The van der Waals surface area contributed by atoms with E-state index in [0.29, 0.717) is 23.6 Å². The number of piperidine rings is 1. The molecule has 3 heterocycles. The third-order valence-electron chi connectivity index (χ3n) is 3.68. The van der Waals surface area contributed by atoms with Crippen molar-refractivity contribution in [2.24, 2.45) is 0 Å². The van der Waals surface area contributed by atoms with Crippen LogP contribution in [-0.4, -0.2) is 58.7 Å². The average Bonchev–Trinajstić information content (AvgIpc) is 3.10. The zero-order chi connectivity index (χ0) is 17.3. The molecule has 13 heteroatoms. The molecule has 1 aromatic rings. The number of hydrogen-bond donors (Lipinski definition) is 2. The van der Waals surface area contributed by atoms with Crippen molar-refractivity contribution in [3.8, 4) is 0 Å². The lowest BCUT2D eigenvalue weighted by atomic mass is 10.0. The van der Waals surface area contributed by atoms with Gasteiger partial charge in [-0.05, 0) is 12.8 Å². The number of nitrogens with one attached hydrogen (secondary N) is 1. The van der Waals surface area contributed by atoms with Crippen LogP contribution in [0.15, 0.2) is 16.9 Å². The molecule has 0 radical (unpaired) electrons. The van der Waals surface area contributed by atoms with E-state index in [1.54, 1.807) is 6.07 Å². The van der Waals surface area contributed by atoms with E-state index in [-0.39, 0.29) is 13.2 Å². The van der Waals surface area contributed by atoms with Crippen LogP contribution in [0.4, 0.5) is 4.79 Å². The molecule has 0 spiro atoms. The molecule has 3 amide bonds. The van der Waals surface area contributed by atoms with Crippen LogP contribution in [-0.2, 0) is 30.9 Å². The summed E-state index contributed by atoms with van der Waals surface area (Å²) in [7, 11) is -4.82. The Balaban J connectivity index is 1.58. The quantitative estimate of drug-likeness (QED) is 0.490. The fourth-order valence-electron chi connectivity index (χ4n) is 2.67. The maximum atomic E-state index is 12.2. The predicted molar refractivity (Wildman–Crippen MR) is 72.8 cm³/mol. The lowest BCUT2D eigenvalue weighted by molar-refractivity contribution is -0.140. The van der Waals surface area contributed by atoms with Gasteiger partial charge in [0.15, 0.2) is 0 Å². The highest BCUT2D eigenvalue weighted by Crippen LogP contribution is 2.30. The van der Waals surface area contributed by atoms with Gasteiger partial charge in [0.1, 0.15) is 24.6 Å². The maximum absolute atomic E-state index is 12.2. The minimum Gasteiger partial charge on any atom is -0.364 e. The lowest BCUT2D eigenvalue weighted by Crippen LogP contribution is -2.49. The fraction of sp³-hybridized carbons (Fsp3) is 0.545. The smallest absolute Gasteiger partial charge is 0.364 e. The highest BCUT2D eigenvalue weighted by molar-refractivity contribution is 7.80. The summed E-state index contributed by atoms with van der Waals surface area (Å²) in [4.78, 5) is 30.5. The summed E-state index contributed by atoms with van der Waals surface area (Å²) >= 11 is 0. The van der Waals surface area contributed by atoms with Gasteiger partial charge in [-0.1, -0.05) is 5.16 Å². The van der Waals surface area contributed by atoms with E-state index < -0.39 is 34.4 Å². The summed E-state index contributed by atoms with van der Waals surface area (Å²) in [6.45, 7) is 0.0965. The van der Waals surface area contributed by atoms with Crippen molar-refractivity contribution in [2.45, 2.75) is 31.5 Å². The zero-order valence-electron chi connectivity index (χ0n) is 12.2. The normalized spacial score (nSPS) is 23.6. The molecule has 2 N–H and O–H groups in total. The molecule has 2 atom stereocenters. The molecule has 2 saturated heterocycles. The summed E-state index contributed by atoms with van der Waals surface area (Å²) in [5, 5.41) is 4.17. The summed E-state index contributed by atoms with van der Waals surface area (Å²) in [6, 6.07) is -0.640. The van der Waals surface area contributed by atoms with E-state index in [1.807, 2.05) is 0 Å². The molecule has 2 fully saturated rings. The number of carbonyl (C=O) groups is 2. The van der Waals surface area contributed by atoms with Gasteiger partial charge in [0.2, 0.25) is 0 Å². The average molecular weight is 362 g/mol. The van der Waals surface area contributed by atoms with E-state index in [2.05, 4.69) is 19.4 Å². The van der Waals surface area contributed by atoms with Crippen molar-refractivity contribution >= 4 is 22.3 Å². The SMILES string of the molecule is O=C(NOCc1ccon1)C1CCC2CN1C(=O)N2OS(=O)(=O)O. The molecule has 24 heavy (non-hydrogen) atoms. The second kappa shape index (κ2) is 6.35. The molecular formula is C11H14N4O8S. The maximum Gasteiger partial charge on any atom is 0.418 e. The van der Waals surface area contributed by atoms with E-state index in [0.717, 1.165) is 4.90 Å². The van der Waals surface area contributed by atoms with Crippen LogP contribution in [0.3, 0.4) is 0 Å². The van der Waals surface area contributed by atoms with Gasteiger partial charge in [0.05, 0.1) is 6.04 Å². The van der Waals surface area contributed by atoms with Gasteiger partial charge >= 0.3 is 16.4 Å². The fourth-order valence-corrected chi connectivity index (χ4v) is 3.05. The Labute approximate surface area is 136 Å². The highest BCUT2D eigenvalue weighted by atomic mass is 32.3. The summed E-state index contributed by atoms with van der Waals surface area (Å²) in [5.74, 6) is -0.556. The number of aromatic nitrogens is 1. The number of carbonyl (C=O) groups excluding carboxylic acids is 2. The van der Waals surface area contributed by atoms with E-state index in [9.17, 15) is 18.0 Å². The summed E-state index contributed by atoms with van der Waals surface area (Å²) in [6.07, 6.45) is 1.98. The molecule has 2 bridgehead atoms. The summed E-state index contributed by atoms with van der Waals surface area (Å²) < 4.78 is 39.2. The molecular weight excluding hydrogens is 348 g/mol. The van der Waals surface area contributed by atoms with Crippen LogP contribution in [0.5, 0.6) is 0 Å². The Morgan fingerprint density at radius 1 is 1.50 bits per heavy atom. The number of fused-ring (bicyclic) bond motifs is 2. The molecule has 2 unspecified atom stereocenters. The second-order valence-corrected chi connectivity index (χ2v) is 6.26. The third-order valence-corrected chi connectivity index (χ3v) is 4.03. The van der Waals surface area contributed by atoms with Gasteiger partial charge < -0.3 is 9.42 Å². The van der Waals surface area contributed by atoms with Gasteiger partial charge in [-0.3, -0.25) is 14.2 Å². The topological polar surface area (TPSA) is 152 Å². The van der Waals surface area contributed by atoms with E-state index >= 15 is 0 Å². The first-order valence-corrected chi connectivity index (χ1v) is 8.29. The van der Waals surface area contributed by atoms with Gasteiger partial charge in [-0.15, -0.1) is 4.28 Å². The second-order valence-electron chi connectivity index (χ2n) is 5.26. The Morgan fingerprint density at radius 3 is 2.96 bits per heavy atom. The first-order valence-electron chi connectivity index (χ1n) is 6.93. The first kappa shape index (κ1) is 16.6. The number of hydrogen-bond acceptors (Lipinski definition) is 8. The van der Waals surface area contributed by atoms with Gasteiger partial charge in [0, 0.05) is 12.6 Å². The number of nitrogens with zero attached hydrogens (tertiary/aromatic N) is 3. The molecule has 0 saturated carbocycles. The standard InChI is InChI=1S/C11H14N4O8S/c16-10(13-22-6-7-3-4-21-12-7)9-2-1-8-5-14(9)11(17)15(8)23-24(18,19)20/h3-4,8-9H,1-2,5-6H2,(H,13,16)(H,18,19,20). The van der Waals surface area contributed by atoms with Crippen molar-refractivity contribution < 1.29 is 36.2 Å². The molecule has 2 aliphatic heterocycles. The monoisotopic (exact) mass is 362 g/mol. The van der Waals surface area contributed by atoms with Crippen molar-refractivity contribution in [3.05, 3.63) is 18.0 Å². The number of rotatable bonds is 6. The van der Waals surface area contributed by atoms with Crippen LogP contribution in [0.2, 0.25) is 0 Å². The van der Waals surface area contributed by atoms with Crippen molar-refractivity contribution in [3.63, 3.8) is 0 Å². The Morgan fingerprint density at radius 2 is 2.29 bits per heavy atom. The predicted octanol–water partition coefficient (Wildman–Crippen LogP) is -0.775. The van der Waals surface area contributed by atoms with Crippen molar-refractivity contribution in [2.75, 3.05) is 6.54 Å². The van der Waals surface area contributed by atoms with E-state index in [1.165, 1.54) is 6.26 Å². The molecule has 132 valence electrons. The van der Waals surface area contributed by atoms with E-state index in [4.69, 9.17) is 9.39 Å². The largest absolute Gasteiger partial charge is 0.418 e. The van der Waals surface area contributed by atoms with Gasteiger partial charge in [-0.2, -0.15) is 13.5 Å². The lowest BCUT2D eigenvalue weighted by Gasteiger charge is -2.28. The van der Waals surface area contributed by atoms with Crippen LogP contribution < -0.4 is 5.48 Å². The number of urea groups is 1. The number of hydroxylamine groups is 3. The molecule has 12 nitrogen and oxygen atoms in total. The van der Waals surface area contributed by atoms with Crippen molar-refractivity contribution in [1.29, 1.82) is 0 Å². The van der Waals surface area contributed by atoms with Gasteiger partial charge in [-0.25, -0.2) is 10.3 Å². The molecule has 3 rings (SSSR count). The first-order chi connectivity index (χ1) is 11.3. The highest BCUT2D eigenvalue weighted by Gasteiger charge is 2.49. The van der Waals surface area contributed by atoms with Gasteiger partial charge in [0.25, 0.3) is 5.91 Å². The molecule has 0 aromatic carbocycles. The Bertz CT molecular complexity index is 720. The van der Waals surface area contributed by atoms with Crippen molar-refractivity contribution in [1.82, 2.24) is 20.6 Å². The van der Waals surface area contributed by atoms with Crippen LogP contribution in [0.25, 0.3) is 0 Å². The molecule has 1 aromatic heterocycles. The van der Waals surface area contributed by atoms with Crippen LogP contribution in [0.1, 0.15) is 18.5 Å². The van der Waals surface area contributed by atoms with Crippen LogP contribution >= 0.6 is 0 Å². The molecule has 2 aliphatic rings. The summed E-state index contributed by atoms with van der Waals surface area (Å²) in [5.41, 5.74) is 2.69. The molecule has 0 aliphatic carbocycles. The number of amides is 3. The van der Waals surface area contributed by atoms with Crippen LogP contribution in [0, 0.1) is 0 Å². The Hall–Kier alpha value is -2.22. The minimum atomic E-state index is -4.82. The Kier molecular flexibility index (Phi) is 4.40. The minimum absolute atomic E-state index is 0.0104. The zero-order valence-corrected chi connectivity index (χ0v) is 13.0. The third kappa shape index (κ3) is 3.48.